The molecule has 2 rings (SSSR count). The van der Waals surface area contributed by atoms with Gasteiger partial charge >= 0.3 is 0 Å². The molecule has 0 aliphatic heterocycles. The minimum atomic E-state index is -1.09. The molecule has 0 fully saturated rings. The molecule has 1 heterocycles. The topological polar surface area (TPSA) is 49.3 Å². The second kappa shape index (κ2) is 6.11. The third-order valence-electron chi connectivity index (χ3n) is 2.75. The predicted molar refractivity (Wildman–Crippen MR) is 72.7 cm³/mol. The Morgan fingerprint density at radius 1 is 1.30 bits per heavy atom. The molecule has 1 aromatic heterocycles. The van der Waals surface area contributed by atoms with Gasteiger partial charge < -0.3 is 10.4 Å². The average Bonchev–Trinajstić information content (AvgIpc) is 2.85. The fourth-order valence-corrected chi connectivity index (χ4v) is 2.45. The molecule has 106 valence electrons. The molecule has 0 saturated carbocycles. The van der Waals surface area contributed by atoms with E-state index in [1.165, 1.54) is 17.4 Å². The van der Waals surface area contributed by atoms with Gasteiger partial charge in [0.15, 0.2) is 11.6 Å². The van der Waals surface area contributed by atoms with Gasteiger partial charge in [-0.1, -0.05) is 6.07 Å². The maximum absolute atomic E-state index is 13.0. The van der Waals surface area contributed by atoms with Crippen molar-refractivity contribution in [1.82, 2.24) is 5.32 Å². The number of carbonyl (C=O) groups excluding carboxylic acids is 1. The fraction of sp³-hybridized carbons (Fsp3) is 0.214. The molecule has 0 unspecified atom stereocenters. The first-order valence-corrected chi connectivity index (χ1v) is 6.76. The summed E-state index contributed by atoms with van der Waals surface area (Å²) in [4.78, 5) is 13.3. The summed E-state index contributed by atoms with van der Waals surface area (Å²) in [5.74, 6) is -2.30. The SMILES string of the molecule is Cc1ccc(C(=O)NC[C@@H](O)c2ccc(F)c(F)c2)s1. The molecule has 0 spiro atoms. The van der Waals surface area contributed by atoms with Crippen molar-refractivity contribution < 1.29 is 18.7 Å². The largest absolute Gasteiger partial charge is 0.387 e. The lowest BCUT2D eigenvalue weighted by atomic mass is 10.1. The fourth-order valence-electron chi connectivity index (χ4n) is 1.67. The summed E-state index contributed by atoms with van der Waals surface area (Å²) in [6.07, 6.45) is -1.09. The van der Waals surface area contributed by atoms with Crippen LogP contribution < -0.4 is 5.32 Å². The highest BCUT2D eigenvalue weighted by Crippen LogP contribution is 2.17. The highest BCUT2D eigenvalue weighted by atomic mass is 32.1. The van der Waals surface area contributed by atoms with Crippen molar-refractivity contribution in [1.29, 1.82) is 0 Å². The van der Waals surface area contributed by atoms with Crippen molar-refractivity contribution >= 4 is 17.2 Å². The maximum Gasteiger partial charge on any atom is 0.261 e. The number of halogens is 2. The van der Waals surface area contributed by atoms with Crippen LogP contribution in [0.3, 0.4) is 0 Å². The summed E-state index contributed by atoms with van der Waals surface area (Å²) in [7, 11) is 0. The van der Waals surface area contributed by atoms with Crippen LogP contribution >= 0.6 is 11.3 Å². The Hall–Kier alpha value is -1.79. The smallest absolute Gasteiger partial charge is 0.261 e. The number of hydrogen-bond acceptors (Lipinski definition) is 3. The van der Waals surface area contributed by atoms with E-state index in [1.54, 1.807) is 6.07 Å². The van der Waals surface area contributed by atoms with Crippen LogP contribution in [0.5, 0.6) is 0 Å². The molecular weight excluding hydrogens is 284 g/mol. The molecule has 0 aliphatic carbocycles. The van der Waals surface area contributed by atoms with E-state index in [2.05, 4.69) is 5.32 Å². The van der Waals surface area contributed by atoms with E-state index >= 15 is 0 Å². The first-order chi connectivity index (χ1) is 9.47. The highest BCUT2D eigenvalue weighted by molar-refractivity contribution is 7.13. The summed E-state index contributed by atoms with van der Waals surface area (Å²) < 4.78 is 25.8. The summed E-state index contributed by atoms with van der Waals surface area (Å²) in [5, 5.41) is 12.4. The number of hydrogen-bond donors (Lipinski definition) is 2. The van der Waals surface area contributed by atoms with Crippen molar-refractivity contribution in [3.8, 4) is 0 Å². The Morgan fingerprint density at radius 3 is 2.65 bits per heavy atom. The molecule has 2 N–H and O–H groups in total. The lowest BCUT2D eigenvalue weighted by molar-refractivity contribution is 0.0920. The van der Waals surface area contributed by atoms with E-state index in [9.17, 15) is 18.7 Å². The van der Waals surface area contributed by atoms with Crippen molar-refractivity contribution in [2.75, 3.05) is 6.54 Å². The third kappa shape index (κ3) is 3.40. The molecule has 6 heteroatoms. The van der Waals surface area contributed by atoms with Crippen molar-refractivity contribution in [2.45, 2.75) is 13.0 Å². The first-order valence-electron chi connectivity index (χ1n) is 5.95. The zero-order valence-electron chi connectivity index (χ0n) is 10.7. The highest BCUT2D eigenvalue weighted by Gasteiger charge is 2.13. The Balaban J connectivity index is 1.96. The molecule has 1 amide bonds. The Morgan fingerprint density at radius 2 is 2.05 bits per heavy atom. The molecule has 1 atom stereocenters. The maximum atomic E-state index is 13.0. The van der Waals surface area contributed by atoms with Gasteiger partial charge in [0.05, 0.1) is 11.0 Å². The molecule has 0 bridgehead atoms. The van der Waals surface area contributed by atoms with Crippen LogP contribution in [0.2, 0.25) is 0 Å². The lowest BCUT2D eigenvalue weighted by Crippen LogP contribution is -2.27. The van der Waals surface area contributed by atoms with Gasteiger partial charge in [0.2, 0.25) is 0 Å². The van der Waals surface area contributed by atoms with Crippen LogP contribution in [0.1, 0.15) is 26.2 Å². The van der Waals surface area contributed by atoms with Crippen LogP contribution in [0, 0.1) is 18.6 Å². The number of amides is 1. The van der Waals surface area contributed by atoms with Crippen LogP contribution in [0.25, 0.3) is 0 Å². The third-order valence-corrected chi connectivity index (χ3v) is 3.75. The van der Waals surface area contributed by atoms with Gasteiger partial charge in [0.1, 0.15) is 0 Å². The molecule has 0 aliphatic rings. The van der Waals surface area contributed by atoms with Crippen molar-refractivity contribution in [3.05, 3.63) is 57.3 Å². The molecule has 1 aromatic carbocycles. The van der Waals surface area contributed by atoms with E-state index in [-0.39, 0.29) is 18.0 Å². The zero-order chi connectivity index (χ0) is 14.7. The number of thiophene rings is 1. The number of aliphatic hydroxyl groups is 1. The second-order valence-electron chi connectivity index (χ2n) is 4.31. The standard InChI is InChI=1S/C14H13F2NO2S/c1-8-2-5-13(20-8)14(19)17-7-12(18)9-3-4-10(15)11(16)6-9/h2-6,12,18H,7H2,1H3,(H,17,19)/t12-/m1/s1. The first kappa shape index (κ1) is 14.6. The number of aliphatic hydroxyl groups excluding tert-OH is 1. The minimum absolute atomic E-state index is 0.0686. The van der Waals surface area contributed by atoms with Crippen molar-refractivity contribution in [3.63, 3.8) is 0 Å². The van der Waals surface area contributed by atoms with Crippen LogP contribution in [-0.2, 0) is 0 Å². The van der Waals surface area contributed by atoms with E-state index in [1.807, 2.05) is 13.0 Å². The second-order valence-corrected chi connectivity index (χ2v) is 5.60. The van der Waals surface area contributed by atoms with E-state index in [0.29, 0.717) is 4.88 Å². The quantitative estimate of drug-likeness (QED) is 0.911. The van der Waals surface area contributed by atoms with Crippen LogP contribution in [0.4, 0.5) is 8.78 Å². The molecule has 2 aromatic rings. The number of nitrogens with one attached hydrogen (secondary N) is 1. The minimum Gasteiger partial charge on any atom is -0.387 e. The summed E-state index contributed by atoms with van der Waals surface area (Å²) >= 11 is 1.34. The Labute approximate surface area is 118 Å². The van der Waals surface area contributed by atoms with Gasteiger partial charge in [-0.15, -0.1) is 11.3 Å². The predicted octanol–water partition coefficient (Wildman–Crippen LogP) is 2.80. The van der Waals surface area contributed by atoms with Gasteiger partial charge in [-0.3, -0.25) is 4.79 Å². The lowest BCUT2D eigenvalue weighted by Gasteiger charge is -2.12. The Kier molecular flexibility index (Phi) is 4.46. The molecular formula is C14H13F2NO2S. The van der Waals surface area contributed by atoms with E-state index in [4.69, 9.17) is 0 Å². The zero-order valence-corrected chi connectivity index (χ0v) is 11.5. The average molecular weight is 297 g/mol. The van der Waals surface area contributed by atoms with Crippen molar-refractivity contribution in [2.24, 2.45) is 0 Å². The van der Waals surface area contributed by atoms with Crippen LogP contribution in [0.15, 0.2) is 30.3 Å². The normalized spacial score (nSPS) is 12.2. The number of rotatable bonds is 4. The van der Waals surface area contributed by atoms with Gasteiger partial charge in [0, 0.05) is 11.4 Å². The monoisotopic (exact) mass is 297 g/mol. The summed E-state index contributed by atoms with van der Waals surface area (Å²) in [6.45, 7) is 1.82. The van der Waals surface area contributed by atoms with Gasteiger partial charge in [-0.2, -0.15) is 0 Å². The number of carbonyl (C=O) groups is 1. The van der Waals surface area contributed by atoms with E-state index in [0.717, 1.165) is 17.0 Å². The number of aryl methyl sites for hydroxylation is 1. The molecule has 0 radical (unpaired) electrons. The van der Waals surface area contributed by atoms with E-state index < -0.39 is 17.7 Å². The molecule has 3 nitrogen and oxygen atoms in total. The summed E-state index contributed by atoms with van der Waals surface area (Å²) in [6, 6.07) is 6.66. The van der Waals surface area contributed by atoms with Gasteiger partial charge in [-0.25, -0.2) is 8.78 Å². The van der Waals surface area contributed by atoms with Gasteiger partial charge in [0.25, 0.3) is 5.91 Å². The number of benzene rings is 1. The van der Waals surface area contributed by atoms with Crippen LogP contribution in [-0.4, -0.2) is 17.6 Å². The molecule has 0 saturated heterocycles. The Bertz CT molecular complexity index is 627. The summed E-state index contributed by atoms with van der Waals surface area (Å²) in [5.41, 5.74) is 0.214. The molecule has 20 heavy (non-hydrogen) atoms. The van der Waals surface area contributed by atoms with Gasteiger partial charge in [-0.05, 0) is 36.8 Å².